The van der Waals surface area contributed by atoms with Gasteiger partial charge in [-0.05, 0) is 61.4 Å². The van der Waals surface area contributed by atoms with Gasteiger partial charge in [0.15, 0.2) is 5.78 Å². The van der Waals surface area contributed by atoms with Crippen LogP contribution in [-0.2, 0) is 22.6 Å². The van der Waals surface area contributed by atoms with Crippen LogP contribution in [0.15, 0.2) is 96.2 Å². The Bertz CT molecular complexity index is 1760. The lowest BCUT2D eigenvalue weighted by molar-refractivity contribution is -0.140. The molecule has 0 aliphatic rings. The Morgan fingerprint density at radius 3 is 2.05 bits per heavy atom. The molecule has 5 aromatic rings. The van der Waals surface area contributed by atoms with E-state index in [1.54, 1.807) is 6.07 Å². The van der Waals surface area contributed by atoms with E-state index in [1.165, 1.54) is 6.92 Å². The van der Waals surface area contributed by atoms with Crippen molar-refractivity contribution in [1.82, 2.24) is 4.57 Å². The van der Waals surface area contributed by atoms with Crippen molar-refractivity contribution in [3.05, 3.63) is 119 Å². The molecule has 1 heterocycles. The molecule has 0 spiro atoms. The molecule has 0 unspecified atom stereocenters. The summed E-state index contributed by atoms with van der Waals surface area (Å²) in [4.78, 5) is 43.3. The molecule has 194 valence electrons. The first-order valence-electron chi connectivity index (χ1n) is 12.9. The number of Topliss-reactive ketones (excluding diaryl/α,β-unsaturated/α-hetero) is 1. The molecule has 0 fully saturated rings. The van der Waals surface area contributed by atoms with Crippen LogP contribution in [0.1, 0.15) is 51.3 Å². The van der Waals surface area contributed by atoms with E-state index >= 15 is 0 Å². The smallest absolute Gasteiger partial charge is 0.331 e. The van der Waals surface area contributed by atoms with Gasteiger partial charge >= 0.3 is 5.97 Å². The highest BCUT2D eigenvalue weighted by molar-refractivity contribution is 6.46. The number of hydrogen-bond donors (Lipinski definition) is 0. The average Bonchev–Trinajstić information content (AvgIpc) is 3.27. The third kappa shape index (κ3) is 5.14. The first-order valence-corrected chi connectivity index (χ1v) is 12.9. The SMILES string of the molecule is CCn1c2ccc(C(=O)/C(Cc3ccccc3)=N/OC(C)=O)cc2c2cc(C(=O)c3ccccc3C)ccc21. The molecule has 0 N–H and O–H groups in total. The number of fused-ring (bicyclic) bond motifs is 3. The first-order chi connectivity index (χ1) is 18.9. The molecule has 0 radical (unpaired) electrons. The van der Waals surface area contributed by atoms with Gasteiger partial charge in [-0.1, -0.05) is 59.8 Å². The number of oxime groups is 1. The van der Waals surface area contributed by atoms with Crippen LogP contribution in [-0.4, -0.2) is 27.8 Å². The number of hydrogen-bond acceptors (Lipinski definition) is 5. The number of benzene rings is 4. The molecule has 0 aliphatic heterocycles. The van der Waals surface area contributed by atoms with Crippen LogP contribution in [0, 0.1) is 6.92 Å². The average molecular weight is 517 g/mol. The van der Waals surface area contributed by atoms with Gasteiger partial charge in [0.05, 0.1) is 0 Å². The molecule has 5 rings (SSSR count). The van der Waals surface area contributed by atoms with Crippen molar-refractivity contribution in [2.75, 3.05) is 0 Å². The molecular weight excluding hydrogens is 488 g/mol. The fourth-order valence-electron chi connectivity index (χ4n) is 4.94. The monoisotopic (exact) mass is 516 g/mol. The maximum atomic E-state index is 13.6. The Kier molecular flexibility index (Phi) is 7.19. The van der Waals surface area contributed by atoms with E-state index in [0.29, 0.717) is 16.7 Å². The van der Waals surface area contributed by atoms with Crippen LogP contribution >= 0.6 is 0 Å². The Hall–Kier alpha value is -4.84. The second-order valence-electron chi connectivity index (χ2n) is 9.46. The summed E-state index contributed by atoms with van der Waals surface area (Å²) in [6.45, 7) is 5.96. The number of carbonyl (C=O) groups is 3. The first kappa shape index (κ1) is 25.8. The third-order valence-corrected chi connectivity index (χ3v) is 6.86. The minimum Gasteiger partial charge on any atom is -0.341 e. The molecule has 0 saturated heterocycles. The molecular formula is C33H28N2O4. The van der Waals surface area contributed by atoms with Gasteiger partial charge in [-0.25, -0.2) is 4.79 Å². The van der Waals surface area contributed by atoms with Gasteiger partial charge in [0, 0.05) is 58.4 Å². The van der Waals surface area contributed by atoms with Crippen LogP contribution in [0.3, 0.4) is 0 Å². The highest BCUT2D eigenvalue weighted by atomic mass is 16.7. The Labute approximate surface area is 226 Å². The number of ketones is 2. The van der Waals surface area contributed by atoms with Crippen molar-refractivity contribution in [2.24, 2.45) is 5.16 Å². The number of carbonyl (C=O) groups excluding carboxylic acids is 3. The van der Waals surface area contributed by atoms with E-state index in [2.05, 4.69) is 16.6 Å². The predicted molar refractivity (Wildman–Crippen MR) is 153 cm³/mol. The number of aromatic nitrogens is 1. The molecule has 39 heavy (non-hydrogen) atoms. The van der Waals surface area contributed by atoms with E-state index < -0.39 is 5.97 Å². The van der Waals surface area contributed by atoms with Gasteiger partial charge in [-0.2, -0.15) is 0 Å². The summed E-state index contributed by atoms with van der Waals surface area (Å²) in [7, 11) is 0. The fourth-order valence-corrected chi connectivity index (χ4v) is 4.94. The van der Waals surface area contributed by atoms with Crippen molar-refractivity contribution < 1.29 is 19.2 Å². The van der Waals surface area contributed by atoms with E-state index in [0.717, 1.165) is 39.5 Å². The fraction of sp³-hybridized carbons (Fsp3) is 0.152. The van der Waals surface area contributed by atoms with Crippen molar-refractivity contribution in [1.29, 1.82) is 0 Å². The van der Waals surface area contributed by atoms with Crippen molar-refractivity contribution in [3.63, 3.8) is 0 Å². The molecule has 0 aliphatic carbocycles. The lowest BCUT2D eigenvalue weighted by atomic mass is 9.97. The Balaban J connectivity index is 1.60. The summed E-state index contributed by atoms with van der Waals surface area (Å²) in [6, 6.07) is 28.2. The van der Waals surface area contributed by atoms with Gasteiger partial charge < -0.3 is 9.40 Å². The van der Waals surface area contributed by atoms with E-state index in [1.807, 2.05) is 91.9 Å². The van der Waals surface area contributed by atoms with E-state index in [4.69, 9.17) is 4.84 Å². The van der Waals surface area contributed by atoms with Crippen molar-refractivity contribution >= 4 is 45.1 Å². The highest BCUT2D eigenvalue weighted by Gasteiger charge is 2.20. The molecule has 0 saturated carbocycles. The van der Waals surface area contributed by atoms with E-state index in [-0.39, 0.29) is 23.7 Å². The maximum absolute atomic E-state index is 13.6. The minimum absolute atomic E-state index is 0.0432. The molecule has 6 nitrogen and oxygen atoms in total. The van der Waals surface area contributed by atoms with Gasteiger partial charge in [0.25, 0.3) is 0 Å². The summed E-state index contributed by atoms with van der Waals surface area (Å²) in [5.74, 6) is -0.967. The lowest BCUT2D eigenvalue weighted by Gasteiger charge is -2.07. The minimum atomic E-state index is -0.597. The van der Waals surface area contributed by atoms with Crippen LogP contribution < -0.4 is 0 Å². The molecule has 0 amide bonds. The van der Waals surface area contributed by atoms with Crippen molar-refractivity contribution in [3.8, 4) is 0 Å². The number of aryl methyl sites for hydroxylation is 2. The molecule has 4 aromatic carbocycles. The van der Waals surface area contributed by atoms with E-state index in [9.17, 15) is 14.4 Å². The van der Waals surface area contributed by atoms with Gasteiger partial charge in [-0.15, -0.1) is 0 Å². The van der Waals surface area contributed by atoms with Gasteiger partial charge in [0.2, 0.25) is 5.78 Å². The van der Waals surface area contributed by atoms with Gasteiger partial charge in [0.1, 0.15) is 5.71 Å². The van der Waals surface area contributed by atoms with Crippen LogP contribution in [0.25, 0.3) is 21.8 Å². The summed E-state index contributed by atoms with van der Waals surface area (Å²) >= 11 is 0. The third-order valence-electron chi connectivity index (χ3n) is 6.86. The van der Waals surface area contributed by atoms with Gasteiger partial charge in [-0.3, -0.25) is 9.59 Å². The van der Waals surface area contributed by atoms with Crippen LogP contribution in [0.5, 0.6) is 0 Å². The summed E-state index contributed by atoms with van der Waals surface area (Å²) in [5.41, 5.74) is 5.55. The molecule has 0 atom stereocenters. The lowest BCUT2D eigenvalue weighted by Crippen LogP contribution is -2.18. The molecule has 6 heteroatoms. The zero-order valence-electron chi connectivity index (χ0n) is 22.1. The number of rotatable bonds is 8. The molecule has 1 aromatic heterocycles. The van der Waals surface area contributed by atoms with Crippen molar-refractivity contribution in [2.45, 2.75) is 33.7 Å². The second-order valence-corrected chi connectivity index (χ2v) is 9.46. The summed E-state index contributed by atoms with van der Waals surface area (Å²) in [6.07, 6.45) is 0.219. The maximum Gasteiger partial charge on any atom is 0.331 e. The Morgan fingerprint density at radius 2 is 1.41 bits per heavy atom. The molecule has 0 bridgehead atoms. The zero-order valence-corrected chi connectivity index (χ0v) is 22.1. The topological polar surface area (TPSA) is 77.7 Å². The summed E-state index contributed by atoms with van der Waals surface area (Å²) in [5, 5.41) is 5.66. The standard InChI is InChI=1S/C33H28N2O4/c1-4-35-30-16-14-24(32(37)26-13-9-8-10-21(26)2)19-27(30)28-20-25(15-17-31(28)35)33(38)29(34-39-22(3)36)18-23-11-6-5-7-12-23/h5-17,19-20H,4,18H2,1-3H3/b34-29+. The summed E-state index contributed by atoms with van der Waals surface area (Å²) < 4.78 is 2.17. The predicted octanol–water partition coefficient (Wildman–Crippen LogP) is 6.70. The van der Waals surface area contributed by atoms with Crippen LogP contribution in [0.2, 0.25) is 0 Å². The highest BCUT2D eigenvalue weighted by Crippen LogP contribution is 2.32. The second kappa shape index (κ2) is 10.9. The largest absolute Gasteiger partial charge is 0.341 e. The van der Waals surface area contributed by atoms with Crippen LogP contribution in [0.4, 0.5) is 0 Å². The quantitative estimate of drug-likeness (QED) is 0.0995. The normalized spacial score (nSPS) is 11.6. The number of nitrogens with zero attached hydrogens (tertiary/aromatic N) is 2. The zero-order chi connectivity index (χ0) is 27.5. The Morgan fingerprint density at radius 1 is 0.795 bits per heavy atom.